The Hall–Kier alpha value is -1.46. The van der Waals surface area contributed by atoms with Crippen LogP contribution in [0, 0.1) is 0 Å². The summed E-state index contributed by atoms with van der Waals surface area (Å²) in [5.41, 5.74) is 5.83. The molecule has 0 aliphatic carbocycles. The van der Waals surface area contributed by atoms with Crippen LogP contribution in [0.4, 0.5) is 18.9 Å². The molecule has 2 N–H and O–H groups in total. The van der Waals surface area contributed by atoms with Crippen LogP contribution >= 0.6 is 0 Å². The lowest BCUT2D eigenvalue weighted by Gasteiger charge is -2.07. The third kappa shape index (κ3) is 5.09. The van der Waals surface area contributed by atoms with Gasteiger partial charge in [0.05, 0.1) is 24.7 Å². The highest BCUT2D eigenvalue weighted by molar-refractivity contribution is 5.39. The fourth-order valence-electron chi connectivity index (χ4n) is 0.977. The predicted molar refractivity (Wildman–Crippen MR) is 49.4 cm³/mol. The molecule has 0 unspecified atom stereocenters. The minimum atomic E-state index is -4.13. The average Bonchev–Trinajstić information content (AvgIpc) is 2.11. The van der Waals surface area contributed by atoms with E-state index in [1.807, 2.05) is 0 Å². The summed E-state index contributed by atoms with van der Waals surface area (Å²) >= 11 is 0. The molecule has 0 aliphatic rings. The number of alkyl halides is 3. The van der Waals surface area contributed by atoms with Crippen molar-refractivity contribution in [2.24, 2.45) is 0 Å². The number of nitrogens with two attached hydrogens (primary N) is 1. The van der Waals surface area contributed by atoms with E-state index in [-0.39, 0.29) is 13.0 Å². The standard InChI is InChI=1S/C9H11F3N2O/c10-9(11,12)2-1-3-15-8-4-7(13)5-14-6-8/h4-6H,1-3,13H2. The maximum absolute atomic E-state index is 11.8. The van der Waals surface area contributed by atoms with Crippen LogP contribution in [0.5, 0.6) is 5.75 Å². The van der Waals surface area contributed by atoms with E-state index in [0.29, 0.717) is 11.4 Å². The minimum absolute atomic E-state index is 0.00461. The van der Waals surface area contributed by atoms with Gasteiger partial charge in [0.2, 0.25) is 0 Å². The Morgan fingerprint density at radius 2 is 2.07 bits per heavy atom. The number of halogens is 3. The summed E-state index contributed by atoms with van der Waals surface area (Å²) in [6, 6.07) is 1.51. The molecule has 1 heterocycles. The Morgan fingerprint density at radius 1 is 1.33 bits per heavy atom. The molecule has 1 aromatic rings. The summed E-state index contributed by atoms with van der Waals surface area (Å²) in [6.45, 7) is 0.00461. The van der Waals surface area contributed by atoms with Gasteiger partial charge in [-0.15, -0.1) is 0 Å². The van der Waals surface area contributed by atoms with Crippen molar-refractivity contribution in [2.75, 3.05) is 12.3 Å². The van der Waals surface area contributed by atoms with Gasteiger partial charge >= 0.3 is 6.18 Å². The first-order valence-electron chi connectivity index (χ1n) is 4.37. The second-order valence-electron chi connectivity index (χ2n) is 3.02. The van der Waals surface area contributed by atoms with E-state index in [9.17, 15) is 13.2 Å². The van der Waals surface area contributed by atoms with E-state index < -0.39 is 12.6 Å². The molecule has 3 nitrogen and oxygen atoms in total. The summed E-state index contributed by atoms with van der Waals surface area (Å²) in [6.07, 6.45) is -2.20. The Kier molecular flexibility index (Phi) is 3.76. The van der Waals surface area contributed by atoms with E-state index in [0.717, 1.165) is 0 Å². The van der Waals surface area contributed by atoms with Crippen molar-refractivity contribution >= 4 is 5.69 Å². The van der Waals surface area contributed by atoms with Gasteiger partial charge in [0, 0.05) is 12.5 Å². The second kappa shape index (κ2) is 4.86. The van der Waals surface area contributed by atoms with Crippen LogP contribution in [-0.4, -0.2) is 17.8 Å². The summed E-state index contributed by atoms with van der Waals surface area (Å²) < 4.78 is 40.3. The summed E-state index contributed by atoms with van der Waals surface area (Å²) in [5.74, 6) is 0.386. The van der Waals surface area contributed by atoms with Gasteiger partial charge in [-0.25, -0.2) is 0 Å². The quantitative estimate of drug-likeness (QED) is 0.792. The number of rotatable bonds is 4. The molecule has 0 spiro atoms. The molecule has 0 aliphatic heterocycles. The first-order chi connectivity index (χ1) is 6.97. The third-order valence-electron chi connectivity index (χ3n) is 1.61. The van der Waals surface area contributed by atoms with Crippen molar-refractivity contribution in [3.05, 3.63) is 18.5 Å². The van der Waals surface area contributed by atoms with Gasteiger partial charge in [-0.1, -0.05) is 0 Å². The van der Waals surface area contributed by atoms with E-state index in [2.05, 4.69) is 4.98 Å². The zero-order chi connectivity index (χ0) is 11.3. The molecule has 0 atom stereocenters. The summed E-state index contributed by atoms with van der Waals surface area (Å²) in [4.78, 5) is 3.74. The number of aromatic nitrogens is 1. The molecule has 15 heavy (non-hydrogen) atoms. The Bertz CT molecular complexity index is 314. The summed E-state index contributed by atoms with van der Waals surface area (Å²) in [5, 5.41) is 0. The predicted octanol–water partition coefficient (Wildman–Crippen LogP) is 2.39. The lowest BCUT2D eigenvalue weighted by atomic mass is 10.3. The molecule has 1 aromatic heterocycles. The lowest BCUT2D eigenvalue weighted by molar-refractivity contribution is -0.136. The molecule has 0 radical (unpaired) electrons. The van der Waals surface area contributed by atoms with E-state index >= 15 is 0 Å². The second-order valence-corrected chi connectivity index (χ2v) is 3.02. The maximum Gasteiger partial charge on any atom is 0.389 e. The number of hydrogen-bond donors (Lipinski definition) is 1. The van der Waals surface area contributed by atoms with Crippen molar-refractivity contribution in [3.8, 4) is 5.75 Å². The van der Waals surface area contributed by atoms with Crippen LogP contribution in [0.25, 0.3) is 0 Å². The number of pyridine rings is 1. The highest BCUT2D eigenvalue weighted by Crippen LogP contribution is 2.21. The van der Waals surface area contributed by atoms with Crippen molar-refractivity contribution in [2.45, 2.75) is 19.0 Å². The molecule has 0 amide bonds. The molecule has 0 fully saturated rings. The molecule has 84 valence electrons. The number of nitrogen functional groups attached to an aromatic ring is 1. The third-order valence-corrected chi connectivity index (χ3v) is 1.61. The minimum Gasteiger partial charge on any atom is -0.492 e. The van der Waals surface area contributed by atoms with Crippen LogP contribution in [0.1, 0.15) is 12.8 Å². The molecular formula is C9H11F3N2O. The van der Waals surface area contributed by atoms with Crippen LogP contribution in [0.3, 0.4) is 0 Å². The Balaban J connectivity index is 2.26. The van der Waals surface area contributed by atoms with Gasteiger partial charge in [0.15, 0.2) is 0 Å². The molecule has 0 bridgehead atoms. The lowest BCUT2D eigenvalue weighted by Crippen LogP contribution is -2.09. The molecule has 6 heteroatoms. The van der Waals surface area contributed by atoms with Gasteiger partial charge < -0.3 is 10.5 Å². The van der Waals surface area contributed by atoms with Gasteiger partial charge in [-0.3, -0.25) is 4.98 Å². The largest absolute Gasteiger partial charge is 0.492 e. The molecule has 0 aromatic carbocycles. The maximum atomic E-state index is 11.8. The van der Waals surface area contributed by atoms with Crippen LogP contribution in [-0.2, 0) is 0 Å². The highest BCUT2D eigenvalue weighted by atomic mass is 19.4. The fourth-order valence-corrected chi connectivity index (χ4v) is 0.977. The van der Waals surface area contributed by atoms with Crippen molar-refractivity contribution in [1.29, 1.82) is 0 Å². The number of hydrogen-bond acceptors (Lipinski definition) is 3. The van der Waals surface area contributed by atoms with E-state index in [1.165, 1.54) is 18.5 Å². The zero-order valence-corrected chi connectivity index (χ0v) is 7.92. The van der Waals surface area contributed by atoms with Gasteiger partial charge in [0.1, 0.15) is 5.75 Å². The average molecular weight is 220 g/mol. The van der Waals surface area contributed by atoms with Crippen molar-refractivity contribution in [1.82, 2.24) is 4.98 Å². The van der Waals surface area contributed by atoms with Crippen LogP contribution < -0.4 is 10.5 Å². The molecule has 0 saturated carbocycles. The Morgan fingerprint density at radius 3 is 2.67 bits per heavy atom. The smallest absolute Gasteiger partial charge is 0.389 e. The van der Waals surface area contributed by atoms with Gasteiger partial charge in [-0.05, 0) is 6.42 Å². The fraction of sp³-hybridized carbons (Fsp3) is 0.444. The van der Waals surface area contributed by atoms with Crippen LogP contribution in [0.15, 0.2) is 18.5 Å². The van der Waals surface area contributed by atoms with Gasteiger partial charge in [0.25, 0.3) is 0 Å². The van der Waals surface area contributed by atoms with E-state index in [4.69, 9.17) is 10.5 Å². The number of anilines is 1. The van der Waals surface area contributed by atoms with Crippen molar-refractivity contribution in [3.63, 3.8) is 0 Å². The molecule has 0 saturated heterocycles. The number of nitrogens with zero attached hydrogens (tertiary/aromatic N) is 1. The van der Waals surface area contributed by atoms with Gasteiger partial charge in [-0.2, -0.15) is 13.2 Å². The SMILES string of the molecule is Nc1cncc(OCCCC(F)(F)F)c1. The molecular weight excluding hydrogens is 209 g/mol. The first-order valence-corrected chi connectivity index (χ1v) is 4.37. The zero-order valence-electron chi connectivity index (χ0n) is 7.92. The van der Waals surface area contributed by atoms with Crippen LogP contribution in [0.2, 0.25) is 0 Å². The van der Waals surface area contributed by atoms with E-state index in [1.54, 1.807) is 0 Å². The topological polar surface area (TPSA) is 48.1 Å². The highest BCUT2D eigenvalue weighted by Gasteiger charge is 2.26. The molecule has 1 rings (SSSR count). The number of ether oxygens (including phenoxy) is 1. The Labute approximate surface area is 85.1 Å². The monoisotopic (exact) mass is 220 g/mol. The normalized spacial score (nSPS) is 11.4. The van der Waals surface area contributed by atoms with Crippen molar-refractivity contribution < 1.29 is 17.9 Å². The summed E-state index contributed by atoms with van der Waals surface area (Å²) in [7, 11) is 0. The first kappa shape index (κ1) is 11.6.